The van der Waals surface area contributed by atoms with Gasteiger partial charge in [0.1, 0.15) is 11.2 Å². The van der Waals surface area contributed by atoms with E-state index in [1.807, 2.05) is 12.1 Å². The molecular formula is C54H38N2O. The second kappa shape index (κ2) is 14.9. The second-order valence-electron chi connectivity index (χ2n) is 14.2. The molecule has 10 rings (SSSR count). The molecular weight excluding hydrogens is 693 g/mol. The van der Waals surface area contributed by atoms with Crippen molar-refractivity contribution in [3.05, 3.63) is 224 Å². The molecule has 1 heterocycles. The van der Waals surface area contributed by atoms with E-state index in [9.17, 15) is 0 Å². The first-order valence-corrected chi connectivity index (χ1v) is 19.3. The number of rotatable bonds is 9. The highest BCUT2D eigenvalue weighted by Crippen LogP contribution is 2.46. The number of anilines is 5. The predicted molar refractivity (Wildman–Crippen MR) is 240 cm³/mol. The summed E-state index contributed by atoms with van der Waals surface area (Å²) in [5.41, 5.74) is 16.3. The maximum Gasteiger partial charge on any atom is 0.137 e. The number of hydrogen-bond donors (Lipinski definition) is 1. The molecule has 0 aliphatic carbocycles. The minimum absolute atomic E-state index is 0.864. The molecule has 0 saturated heterocycles. The SMILES string of the molecule is c1ccc(-c2ccccc2Nc2ccccc2-c2cccc(-c3ccc(N(c4ccccc4-c4ccccc4)c4cccc5oc6ccccc6c45)cc3)c2)cc1. The predicted octanol–water partition coefficient (Wildman–Crippen LogP) is 15.5. The Labute approximate surface area is 332 Å². The Morgan fingerprint density at radius 3 is 1.58 bits per heavy atom. The van der Waals surface area contributed by atoms with Gasteiger partial charge >= 0.3 is 0 Å². The Balaban J connectivity index is 1.04. The molecule has 3 nitrogen and oxygen atoms in total. The first-order valence-electron chi connectivity index (χ1n) is 19.3. The molecule has 0 aliphatic rings. The van der Waals surface area contributed by atoms with Crippen molar-refractivity contribution in [2.24, 2.45) is 0 Å². The third-order valence-corrected chi connectivity index (χ3v) is 10.7. The van der Waals surface area contributed by atoms with Crippen molar-refractivity contribution >= 4 is 50.4 Å². The van der Waals surface area contributed by atoms with Crippen LogP contribution >= 0.6 is 0 Å². The van der Waals surface area contributed by atoms with E-state index in [4.69, 9.17) is 4.42 Å². The Kier molecular flexibility index (Phi) is 8.86. The van der Waals surface area contributed by atoms with Gasteiger partial charge < -0.3 is 14.6 Å². The molecule has 270 valence electrons. The van der Waals surface area contributed by atoms with Crippen LogP contribution in [0.25, 0.3) is 66.4 Å². The highest BCUT2D eigenvalue weighted by atomic mass is 16.3. The van der Waals surface area contributed by atoms with Crippen molar-refractivity contribution in [1.82, 2.24) is 0 Å². The minimum Gasteiger partial charge on any atom is -0.456 e. The number of benzene rings is 9. The first kappa shape index (κ1) is 33.9. The van der Waals surface area contributed by atoms with Gasteiger partial charge in [0, 0.05) is 39.1 Å². The van der Waals surface area contributed by atoms with E-state index >= 15 is 0 Å². The monoisotopic (exact) mass is 730 g/mol. The third kappa shape index (κ3) is 6.52. The van der Waals surface area contributed by atoms with Crippen LogP contribution in [-0.2, 0) is 0 Å². The molecule has 1 aromatic heterocycles. The Morgan fingerprint density at radius 1 is 0.333 bits per heavy atom. The highest BCUT2D eigenvalue weighted by molar-refractivity contribution is 6.13. The summed E-state index contributed by atoms with van der Waals surface area (Å²) in [4.78, 5) is 2.38. The fraction of sp³-hybridized carbons (Fsp3) is 0. The van der Waals surface area contributed by atoms with Crippen LogP contribution in [0.3, 0.4) is 0 Å². The van der Waals surface area contributed by atoms with Gasteiger partial charge in [-0.3, -0.25) is 0 Å². The van der Waals surface area contributed by atoms with Crippen LogP contribution in [-0.4, -0.2) is 0 Å². The molecule has 0 bridgehead atoms. The average Bonchev–Trinajstić information content (AvgIpc) is 3.68. The molecule has 0 fully saturated rings. The van der Waals surface area contributed by atoms with Crippen LogP contribution in [0.15, 0.2) is 229 Å². The van der Waals surface area contributed by atoms with Gasteiger partial charge in [-0.1, -0.05) is 170 Å². The van der Waals surface area contributed by atoms with E-state index in [-0.39, 0.29) is 0 Å². The number of nitrogens with zero attached hydrogens (tertiary/aromatic N) is 1. The normalized spacial score (nSPS) is 11.2. The van der Waals surface area contributed by atoms with Gasteiger partial charge in [-0.05, 0) is 82.4 Å². The topological polar surface area (TPSA) is 28.4 Å². The lowest BCUT2D eigenvalue weighted by Gasteiger charge is -2.28. The summed E-state index contributed by atoms with van der Waals surface area (Å²) in [7, 11) is 0. The zero-order valence-corrected chi connectivity index (χ0v) is 31.2. The summed E-state index contributed by atoms with van der Waals surface area (Å²) < 4.78 is 6.39. The lowest BCUT2D eigenvalue weighted by molar-refractivity contribution is 0.669. The van der Waals surface area contributed by atoms with E-state index in [1.165, 1.54) is 11.1 Å². The van der Waals surface area contributed by atoms with E-state index in [0.29, 0.717) is 0 Å². The molecule has 0 saturated carbocycles. The summed E-state index contributed by atoms with van der Waals surface area (Å²) in [6.07, 6.45) is 0. The van der Waals surface area contributed by atoms with Crippen LogP contribution in [0, 0.1) is 0 Å². The second-order valence-corrected chi connectivity index (χ2v) is 14.2. The number of fused-ring (bicyclic) bond motifs is 3. The summed E-state index contributed by atoms with van der Waals surface area (Å²) in [6, 6.07) is 79.3. The molecule has 0 atom stereocenters. The van der Waals surface area contributed by atoms with Crippen molar-refractivity contribution in [3.8, 4) is 44.5 Å². The van der Waals surface area contributed by atoms with Gasteiger partial charge in [0.2, 0.25) is 0 Å². The molecule has 0 radical (unpaired) electrons. The quantitative estimate of drug-likeness (QED) is 0.160. The van der Waals surface area contributed by atoms with Gasteiger partial charge in [0.15, 0.2) is 0 Å². The fourth-order valence-electron chi connectivity index (χ4n) is 8.00. The molecule has 3 heteroatoms. The number of hydrogen-bond acceptors (Lipinski definition) is 3. The largest absolute Gasteiger partial charge is 0.456 e. The Bertz CT molecular complexity index is 2980. The molecule has 57 heavy (non-hydrogen) atoms. The van der Waals surface area contributed by atoms with E-state index in [2.05, 4.69) is 223 Å². The van der Waals surface area contributed by atoms with Crippen LogP contribution in [0.5, 0.6) is 0 Å². The van der Waals surface area contributed by atoms with Gasteiger partial charge in [-0.15, -0.1) is 0 Å². The summed E-state index contributed by atoms with van der Waals surface area (Å²) in [6.45, 7) is 0. The van der Waals surface area contributed by atoms with E-state index in [0.717, 1.165) is 83.8 Å². The Hall–Kier alpha value is -7.62. The van der Waals surface area contributed by atoms with Gasteiger partial charge in [-0.25, -0.2) is 0 Å². The summed E-state index contributed by atoms with van der Waals surface area (Å²) in [5, 5.41) is 5.96. The van der Waals surface area contributed by atoms with Crippen LogP contribution in [0.2, 0.25) is 0 Å². The molecule has 0 amide bonds. The minimum atomic E-state index is 0.864. The number of nitrogens with one attached hydrogen (secondary N) is 1. The van der Waals surface area contributed by atoms with E-state index < -0.39 is 0 Å². The molecule has 9 aromatic carbocycles. The van der Waals surface area contributed by atoms with Gasteiger partial charge in [0.25, 0.3) is 0 Å². The van der Waals surface area contributed by atoms with Crippen molar-refractivity contribution in [1.29, 1.82) is 0 Å². The van der Waals surface area contributed by atoms with Crippen molar-refractivity contribution in [3.63, 3.8) is 0 Å². The zero-order chi connectivity index (χ0) is 38.0. The molecule has 10 aromatic rings. The van der Waals surface area contributed by atoms with E-state index in [1.54, 1.807) is 0 Å². The standard InChI is InChI=1S/C54H38N2O/c1-3-17-39(18-4-1)44-23-7-11-27-48(44)55-49-28-12-8-24-45(49)42-22-15-21-41(37-42)38-33-35-43(36-34-38)56(50-29-13-9-25-46(50)40-19-5-2-6-20-40)51-30-16-32-53-54(51)47-26-10-14-31-52(47)57-53/h1-37,55H. The maximum atomic E-state index is 6.39. The lowest BCUT2D eigenvalue weighted by Crippen LogP contribution is -2.11. The molecule has 1 N–H and O–H groups in total. The third-order valence-electron chi connectivity index (χ3n) is 10.7. The highest BCUT2D eigenvalue weighted by Gasteiger charge is 2.22. The summed E-state index contributed by atoms with van der Waals surface area (Å²) >= 11 is 0. The van der Waals surface area contributed by atoms with Crippen LogP contribution in [0.4, 0.5) is 28.4 Å². The maximum absolute atomic E-state index is 6.39. The summed E-state index contributed by atoms with van der Waals surface area (Å²) in [5.74, 6) is 0. The van der Waals surface area contributed by atoms with Gasteiger partial charge in [-0.2, -0.15) is 0 Å². The Morgan fingerprint density at radius 2 is 0.842 bits per heavy atom. The first-order chi connectivity index (χ1) is 28.3. The average molecular weight is 731 g/mol. The van der Waals surface area contributed by atoms with Gasteiger partial charge in [0.05, 0.1) is 16.8 Å². The molecule has 0 unspecified atom stereocenters. The smallest absolute Gasteiger partial charge is 0.137 e. The fourth-order valence-corrected chi connectivity index (χ4v) is 8.00. The van der Waals surface area contributed by atoms with Crippen molar-refractivity contribution in [2.45, 2.75) is 0 Å². The van der Waals surface area contributed by atoms with Crippen molar-refractivity contribution < 1.29 is 4.42 Å². The lowest BCUT2D eigenvalue weighted by atomic mass is 9.97. The van der Waals surface area contributed by atoms with Crippen molar-refractivity contribution in [2.75, 3.05) is 10.2 Å². The number of para-hydroxylation sites is 4. The zero-order valence-electron chi connectivity index (χ0n) is 31.2. The van der Waals surface area contributed by atoms with Crippen LogP contribution < -0.4 is 10.2 Å². The number of furan rings is 1. The molecule has 0 aliphatic heterocycles. The molecule has 0 spiro atoms. The van der Waals surface area contributed by atoms with Crippen LogP contribution in [0.1, 0.15) is 0 Å².